The van der Waals surface area contributed by atoms with Gasteiger partial charge in [-0.05, 0) is 31.6 Å². The van der Waals surface area contributed by atoms with Crippen molar-refractivity contribution in [1.82, 2.24) is 9.55 Å². The molecule has 1 heterocycles. The van der Waals surface area contributed by atoms with Crippen LogP contribution in [0.4, 0.5) is 5.95 Å². The van der Waals surface area contributed by atoms with Crippen molar-refractivity contribution >= 4 is 5.95 Å². The Kier molecular flexibility index (Phi) is 2.19. The van der Waals surface area contributed by atoms with E-state index < -0.39 is 0 Å². The second-order valence-corrected chi connectivity index (χ2v) is 5.05. The van der Waals surface area contributed by atoms with E-state index in [0.717, 1.165) is 17.9 Å². The van der Waals surface area contributed by atoms with Crippen LogP contribution in [-0.2, 0) is 0 Å². The minimum atomic E-state index is 0.643. The predicted molar refractivity (Wildman–Crippen MR) is 60.9 cm³/mol. The summed E-state index contributed by atoms with van der Waals surface area (Å²) in [5, 5.41) is 3.61. The van der Waals surface area contributed by atoms with Gasteiger partial charge in [-0.15, -0.1) is 0 Å². The van der Waals surface area contributed by atoms with E-state index in [1.165, 1.54) is 32.1 Å². The van der Waals surface area contributed by atoms with E-state index >= 15 is 0 Å². The highest BCUT2D eigenvalue weighted by Crippen LogP contribution is 2.37. The number of aromatic nitrogens is 2. The second kappa shape index (κ2) is 3.54. The molecule has 0 radical (unpaired) electrons. The molecule has 2 atom stereocenters. The number of hydrogen-bond acceptors (Lipinski definition) is 2. The first-order valence-corrected chi connectivity index (χ1v) is 6.14. The monoisotopic (exact) mass is 205 g/mol. The van der Waals surface area contributed by atoms with Crippen LogP contribution in [-0.4, -0.2) is 15.6 Å². The third-order valence-corrected chi connectivity index (χ3v) is 3.78. The average Bonchev–Trinajstić information content (AvgIpc) is 2.85. The standard InChI is InChI=1S/C12H19N3/c1-9-3-2-4-11(9)14-12-13-7-8-15(12)10-5-6-10/h7-11H,2-6H2,1H3,(H,13,14). The number of imidazole rings is 1. The van der Waals surface area contributed by atoms with Crippen molar-refractivity contribution in [2.24, 2.45) is 5.92 Å². The van der Waals surface area contributed by atoms with E-state index in [-0.39, 0.29) is 0 Å². The van der Waals surface area contributed by atoms with Crippen LogP contribution in [0.1, 0.15) is 45.1 Å². The maximum absolute atomic E-state index is 4.43. The Bertz CT molecular complexity index is 340. The minimum Gasteiger partial charge on any atom is -0.353 e. The summed E-state index contributed by atoms with van der Waals surface area (Å²) in [4.78, 5) is 4.43. The Morgan fingerprint density at radius 1 is 1.33 bits per heavy atom. The third kappa shape index (κ3) is 1.75. The van der Waals surface area contributed by atoms with Gasteiger partial charge in [0.05, 0.1) is 0 Å². The van der Waals surface area contributed by atoms with Gasteiger partial charge in [0.15, 0.2) is 0 Å². The molecule has 2 aliphatic carbocycles. The SMILES string of the molecule is CC1CCCC1Nc1nccn1C1CC1. The van der Waals surface area contributed by atoms with Crippen LogP contribution in [0.25, 0.3) is 0 Å². The summed E-state index contributed by atoms with van der Waals surface area (Å²) in [6.45, 7) is 2.34. The maximum atomic E-state index is 4.43. The zero-order valence-corrected chi connectivity index (χ0v) is 9.32. The highest BCUT2D eigenvalue weighted by molar-refractivity contribution is 5.30. The molecule has 82 valence electrons. The lowest BCUT2D eigenvalue weighted by molar-refractivity contribution is 0.548. The number of hydrogen-bond donors (Lipinski definition) is 1. The van der Waals surface area contributed by atoms with E-state index in [2.05, 4.69) is 28.0 Å². The van der Waals surface area contributed by atoms with Crippen molar-refractivity contribution in [3.8, 4) is 0 Å². The van der Waals surface area contributed by atoms with Crippen molar-refractivity contribution in [2.75, 3.05) is 5.32 Å². The van der Waals surface area contributed by atoms with Crippen LogP contribution in [0.2, 0.25) is 0 Å². The van der Waals surface area contributed by atoms with E-state index in [0.29, 0.717) is 6.04 Å². The molecule has 2 saturated carbocycles. The molecular formula is C12H19N3. The minimum absolute atomic E-state index is 0.643. The summed E-state index contributed by atoms with van der Waals surface area (Å²) in [6, 6.07) is 1.37. The first-order chi connectivity index (χ1) is 7.34. The molecule has 2 aliphatic rings. The van der Waals surface area contributed by atoms with E-state index in [4.69, 9.17) is 0 Å². The molecule has 1 N–H and O–H groups in total. The lowest BCUT2D eigenvalue weighted by Gasteiger charge is -2.18. The summed E-state index contributed by atoms with van der Waals surface area (Å²) < 4.78 is 2.31. The molecule has 0 bridgehead atoms. The molecule has 0 aromatic carbocycles. The zero-order chi connectivity index (χ0) is 10.3. The molecule has 2 unspecified atom stereocenters. The summed E-state index contributed by atoms with van der Waals surface area (Å²) in [7, 11) is 0. The number of nitrogens with one attached hydrogen (secondary N) is 1. The molecule has 1 aromatic rings. The van der Waals surface area contributed by atoms with E-state index in [9.17, 15) is 0 Å². The fourth-order valence-corrected chi connectivity index (χ4v) is 2.60. The van der Waals surface area contributed by atoms with E-state index in [1.54, 1.807) is 0 Å². The molecule has 0 spiro atoms. The van der Waals surface area contributed by atoms with Gasteiger partial charge in [0, 0.05) is 24.5 Å². The molecule has 3 rings (SSSR count). The first-order valence-electron chi connectivity index (χ1n) is 6.14. The van der Waals surface area contributed by atoms with Gasteiger partial charge in [-0.3, -0.25) is 0 Å². The molecule has 3 heteroatoms. The van der Waals surface area contributed by atoms with Crippen molar-refractivity contribution in [3.05, 3.63) is 12.4 Å². The summed E-state index contributed by atoms with van der Waals surface area (Å²) >= 11 is 0. The van der Waals surface area contributed by atoms with Crippen LogP contribution in [0.15, 0.2) is 12.4 Å². The van der Waals surface area contributed by atoms with Crippen LogP contribution in [0, 0.1) is 5.92 Å². The predicted octanol–water partition coefficient (Wildman–Crippen LogP) is 2.82. The Morgan fingerprint density at radius 3 is 2.87 bits per heavy atom. The quantitative estimate of drug-likeness (QED) is 0.822. The van der Waals surface area contributed by atoms with Crippen LogP contribution in [0.5, 0.6) is 0 Å². The van der Waals surface area contributed by atoms with Crippen molar-refractivity contribution in [2.45, 2.75) is 51.1 Å². The van der Waals surface area contributed by atoms with Gasteiger partial charge in [-0.25, -0.2) is 4.98 Å². The normalized spacial score (nSPS) is 30.7. The molecule has 0 saturated heterocycles. The van der Waals surface area contributed by atoms with E-state index in [1.807, 2.05) is 6.20 Å². The summed E-state index contributed by atoms with van der Waals surface area (Å²) in [6.07, 6.45) is 10.7. The maximum Gasteiger partial charge on any atom is 0.203 e. The van der Waals surface area contributed by atoms with Crippen LogP contribution < -0.4 is 5.32 Å². The highest BCUT2D eigenvalue weighted by Gasteiger charge is 2.28. The van der Waals surface area contributed by atoms with Gasteiger partial charge in [0.2, 0.25) is 5.95 Å². The molecule has 2 fully saturated rings. The second-order valence-electron chi connectivity index (χ2n) is 5.05. The van der Waals surface area contributed by atoms with Gasteiger partial charge >= 0.3 is 0 Å². The average molecular weight is 205 g/mol. The van der Waals surface area contributed by atoms with Crippen molar-refractivity contribution < 1.29 is 0 Å². The van der Waals surface area contributed by atoms with Gasteiger partial charge in [-0.1, -0.05) is 13.3 Å². The van der Waals surface area contributed by atoms with Gasteiger partial charge in [0.1, 0.15) is 0 Å². The Balaban J connectivity index is 1.72. The van der Waals surface area contributed by atoms with Crippen molar-refractivity contribution in [3.63, 3.8) is 0 Å². The lowest BCUT2D eigenvalue weighted by Crippen LogP contribution is -2.23. The topological polar surface area (TPSA) is 29.9 Å². The fourth-order valence-electron chi connectivity index (χ4n) is 2.60. The third-order valence-electron chi connectivity index (χ3n) is 3.78. The largest absolute Gasteiger partial charge is 0.353 e. The number of nitrogens with zero attached hydrogens (tertiary/aromatic N) is 2. The van der Waals surface area contributed by atoms with Gasteiger partial charge < -0.3 is 9.88 Å². The first kappa shape index (κ1) is 9.25. The van der Waals surface area contributed by atoms with Gasteiger partial charge in [0.25, 0.3) is 0 Å². The zero-order valence-electron chi connectivity index (χ0n) is 9.32. The fraction of sp³-hybridized carbons (Fsp3) is 0.750. The summed E-state index contributed by atoms with van der Waals surface area (Å²) in [5.41, 5.74) is 0. The molecule has 15 heavy (non-hydrogen) atoms. The Labute approximate surface area is 90.9 Å². The molecule has 3 nitrogen and oxygen atoms in total. The molecule has 0 aliphatic heterocycles. The van der Waals surface area contributed by atoms with Crippen LogP contribution >= 0.6 is 0 Å². The number of rotatable bonds is 3. The van der Waals surface area contributed by atoms with Crippen LogP contribution in [0.3, 0.4) is 0 Å². The smallest absolute Gasteiger partial charge is 0.203 e. The van der Waals surface area contributed by atoms with Gasteiger partial charge in [-0.2, -0.15) is 0 Å². The highest BCUT2D eigenvalue weighted by atomic mass is 15.2. The molecule has 1 aromatic heterocycles. The lowest BCUT2D eigenvalue weighted by atomic mass is 10.1. The Morgan fingerprint density at radius 2 is 2.20 bits per heavy atom. The molecule has 0 amide bonds. The Hall–Kier alpha value is -0.990. The van der Waals surface area contributed by atoms with Crippen molar-refractivity contribution in [1.29, 1.82) is 0 Å². The molecular weight excluding hydrogens is 186 g/mol. The number of anilines is 1. The summed E-state index contributed by atoms with van der Waals surface area (Å²) in [5.74, 6) is 1.89.